The van der Waals surface area contributed by atoms with Crippen LogP contribution in [0, 0.1) is 0 Å². The van der Waals surface area contributed by atoms with Gasteiger partial charge in [-0.3, -0.25) is 4.79 Å². The minimum atomic E-state index is -0.813. The minimum Gasteiger partial charge on any atom is -0.396 e. The van der Waals surface area contributed by atoms with Crippen LogP contribution < -0.4 is 0 Å². The molecule has 0 radical (unpaired) electrons. The highest BCUT2D eigenvalue weighted by molar-refractivity contribution is 5.82. The summed E-state index contributed by atoms with van der Waals surface area (Å²) in [5.41, 5.74) is 0. The number of carbonyl (C=O) groups excluding carboxylic acids is 1. The summed E-state index contributed by atoms with van der Waals surface area (Å²) in [5.74, 6) is -0.152. The van der Waals surface area contributed by atoms with Crippen LogP contribution >= 0.6 is 0 Å². The normalized spacial score (nSPS) is 13.0. The third-order valence-corrected chi connectivity index (χ3v) is 1.52. The molecule has 3 nitrogen and oxygen atoms in total. The molecule has 0 saturated carbocycles. The van der Waals surface area contributed by atoms with Crippen LogP contribution in [-0.4, -0.2) is 28.7 Å². The van der Waals surface area contributed by atoms with Gasteiger partial charge in [-0.15, -0.1) is 0 Å². The van der Waals surface area contributed by atoms with Crippen LogP contribution in [0.2, 0.25) is 0 Å². The van der Waals surface area contributed by atoms with E-state index in [0.29, 0.717) is 12.8 Å². The maximum absolute atomic E-state index is 10.9. The Morgan fingerprint density at radius 2 is 2.18 bits per heavy atom. The van der Waals surface area contributed by atoms with Gasteiger partial charge >= 0.3 is 0 Å². The molecule has 11 heavy (non-hydrogen) atoms. The first-order chi connectivity index (χ1) is 5.22. The Morgan fingerprint density at radius 1 is 1.55 bits per heavy atom. The molecule has 0 saturated heterocycles. The third kappa shape index (κ3) is 4.93. The Labute approximate surface area is 67.0 Å². The lowest BCUT2D eigenvalue weighted by atomic mass is 10.1. The van der Waals surface area contributed by atoms with E-state index in [9.17, 15) is 4.79 Å². The van der Waals surface area contributed by atoms with E-state index < -0.39 is 6.10 Å². The van der Waals surface area contributed by atoms with Gasteiger partial charge in [0.15, 0.2) is 5.78 Å². The lowest BCUT2D eigenvalue weighted by Crippen LogP contribution is -2.19. The van der Waals surface area contributed by atoms with E-state index in [0.717, 1.165) is 6.42 Å². The highest BCUT2D eigenvalue weighted by Crippen LogP contribution is 2.01. The molecule has 0 aliphatic heterocycles. The van der Waals surface area contributed by atoms with Gasteiger partial charge in [-0.25, -0.2) is 0 Å². The molecule has 0 aliphatic carbocycles. The molecule has 1 atom stereocenters. The fraction of sp³-hybridized carbons (Fsp3) is 0.875. The molecule has 0 amide bonds. The van der Waals surface area contributed by atoms with Crippen molar-refractivity contribution < 1.29 is 15.0 Å². The first-order valence-corrected chi connectivity index (χ1v) is 4.04. The SMILES string of the molecule is CCCC(O)C(=O)CCCO. The van der Waals surface area contributed by atoms with Gasteiger partial charge in [-0.1, -0.05) is 13.3 Å². The average Bonchev–Trinajstić information content (AvgIpc) is 2.00. The summed E-state index contributed by atoms with van der Waals surface area (Å²) in [7, 11) is 0. The predicted molar refractivity (Wildman–Crippen MR) is 42.2 cm³/mol. The Balaban J connectivity index is 3.47. The molecule has 0 fully saturated rings. The van der Waals surface area contributed by atoms with Crippen molar-refractivity contribution in [2.24, 2.45) is 0 Å². The summed E-state index contributed by atoms with van der Waals surface area (Å²) in [6.07, 6.45) is 1.28. The zero-order valence-electron chi connectivity index (χ0n) is 6.92. The summed E-state index contributed by atoms with van der Waals surface area (Å²) in [5, 5.41) is 17.5. The smallest absolute Gasteiger partial charge is 0.161 e. The van der Waals surface area contributed by atoms with Gasteiger partial charge in [0.2, 0.25) is 0 Å². The third-order valence-electron chi connectivity index (χ3n) is 1.52. The number of aliphatic hydroxyl groups excluding tert-OH is 2. The minimum absolute atomic E-state index is 0.0184. The fourth-order valence-corrected chi connectivity index (χ4v) is 0.854. The van der Waals surface area contributed by atoms with Crippen molar-refractivity contribution in [2.75, 3.05) is 6.61 Å². The summed E-state index contributed by atoms with van der Waals surface area (Å²) in [6.45, 7) is 1.94. The quantitative estimate of drug-likeness (QED) is 0.594. The standard InChI is InChI=1S/C8H16O3/c1-2-4-7(10)8(11)5-3-6-9/h7,9-10H,2-6H2,1H3. The van der Waals surface area contributed by atoms with E-state index in [1.54, 1.807) is 0 Å². The maximum atomic E-state index is 10.9. The average molecular weight is 160 g/mol. The zero-order chi connectivity index (χ0) is 8.69. The molecular formula is C8H16O3. The van der Waals surface area contributed by atoms with Gasteiger partial charge < -0.3 is 10.2 Å². The van der Waals surface area contributed by atoms with E-state index in [4.69, 9.17) is 10.2 Å². The number of Topliss-reactive ketones (excluding diaryl/α,β-unsaturated/α-hetero) is 1. The molecule has 1 unspecified atom stereocenters. The van der Waals surface area contributed by atoms with Crippen molar-refractivity contribution in [2.45, 2.75) is 38.7 Å². The van der Waals surface area contributed by atoms with Crippen LogP contribution in [-0.2, 0) is 4.79 Å². The lowest BCUT2D eigenvalue weighted by Gasteiger charge is -2.06. The second kappa shape index (κ2) is 6.31. The molecular weight excluding hydrogens is 144 g/mol. The zero-order valence-corrected chi connectivity index (χ0v) is 6.92. The van der Waals surface area contributed by atoms with Crippen LogP contribution in [0.3, 0.4) is 0 Å². The Hall–Kier alpha value is -0.410. The highest BCUT2D eigenvalue weighted by atomic mass is 16.3. The van der Waals surface area contributed by atoms with E-state index in [1.165, 1.54) is 0 Å². The molecule has 0 aromatic carbocycles. The largest absolute Gasteiger partial charge is 0.396 e. The van der Waals surface area contributed by atoms with Crippen molar-refractivity contribution in [3.05, 3.63) is 0 Å². The molecule has 0 rings (SSSR count). The number of hydrogen-bond donors (Lipinski definition) is 2. The Kier molecular flexibility index (Phi) is 6.07. The Morgan fingerprint density at radius 3 is 2.64 bits per heavy atom. The van der Waals surface area contributed by atoms with Crippen LogP contribution in [0.1, 0.15) is 32.6 Å². The number of aliphatic hydroxyl groups is 2. The van der Waals surface area contributed by atoms with Crippen LogP contribution in [0.5, 0.6) is 0 Å². The second-order valence-corrected chi connectivity index (χ2v) is 2.60. The fourth-order valence-electron chi connectivity index (χ4n) is 0.854. The molecule has 0 spiro atoms. The molecule has 0 heterocycles. The second-order valence-electron chi connectivity index (χ2n) is 2.60. The maximum Gasteiger partial charge on any atom is 0.161 e. The summed E-state index contributed by atoms with van der Waals surface area (Å²) >= 11 is 0. The Bertz CT molecular complexity index is 112. The summed E-state index contributed by atoms with van der Waals surface area (Å²) < 4.78 is 0. The molecule has 2 N–H and O–H groups in total. The number of hydrogen-bond acceptors (Lipinski definition) is 3. The van der Waals surface area contributed by atoms with Crippen molar-refractivity contribution >= 4 is 5.78 Å². The summed E-state index contributed by atoms with van der Waals surface area (Å²) in [6, 6.07) is 0. The number of carbonyl (C=O) groups is 1. The van der Waals surface area contributed by atoms with Gasteiger partial charge in [0.25, 0.3) is 0 Å². The van der Waals surface area contributed by atoms with Crippen LogP contribution in [0.15, 0.2) is 0 Å². The van der Waals surface area contributed by atoms with Gasteiger partial charge in [0.1, 0.15) is 6.10 Å². The van der Waals surface area contributed by atoms with Gasteiger partial charge in [-0.2, -0.15) is 0 Å². The molecule has 0 aromatic rings. The van der Waals surface area contributed by atoms with E-state index in [2.05, 4.69) is 0 Å². The van der Waals surface area contributed by atoms with Crippen molar-refractivity contribution in [3.63, 3.8) is 0 Å². The lowest BCUT2D eigenvalue weighted by molar-refractivity contribution is -0.127. The van der Waals surface area contributed by atoms with E-state index in [1.807, 2.05) is 6.92 Å². The first kappa shape index (κ1) is 10.6. The number of ketones is 1. The van der Waals surface area contributed by atoms with E-state index >= 15 is 0 Å². The first-order valence-electron chi connectivity index (χ1n) is 4.04. The monoisotopic (exact) mass is 160 g/mol. The molecule has 0 aliphatic rings. The molecule has 0 aromatic heterocycles. The van der Waals surface area contributed by atoms with Crippen LogP contribution in [0.25, 0.3) is 0 Å². The van der Waals surface area contributed by atoms with Crippen LogP contribution in [0.4, 0.5) is 0 Å². The molecule has 66 valence electrons. The molecule has 3 heteroatoms. The predicted octanol–water partition coefficient (Wildman–Crippen LogP) is 0.489. The van der Waals surface area contributed by atoms with Crippen molar-refractivity contribution in [3.8, 4) is 0 Å². The van der Waals surface area contributed by atoms with E-state index in [-0.39, 0.29) is 18.8 Å². The van der Waals surface area contributed by atoms with Crippen molar-refractivity contribution in [1.82, 2.24) is 0 Å². The number of rotatable bonds is 6. The highest BCUT2D eigenvalue weighted by Gasteiger charge is 2.12. The van der Waals surface area contributed by atoms with Gasteiger partial charge in [0.05, 0.1) is 0 Å². The van der Waals surface area contributed by atoms with Gasteiger partial charge in [-0.05, 0) is 12.8 Å². The molecule has 0 bridgehead atoms. The topological polar surface area (TPSA) is 57.5 Å². The van der Waals surface area contributed by atoms with Gasteiger partial charge in [0, 0.05) is 13.0 Å². The summed E-state index contributed by atoms with van der Waals surface area (Å²) in [4.78, 5) is 10.9. The van der Waals surface area contributed by atoms with Crippen molar-refractivity contribution in [1.29, 1.82) is 0 Å².